The summed E-state index contributed by atoms with van der Waals surface area (Å²) in [5, 5.41) is 8.77. The summed E-state index contributed by atoms with van der Waals surface area (Å²) < 4.78 is 0.753. The molecule has 0 N–H and O–H groups in total. The minimum absolute atomic E-state index is 0.112. The third-order valence-corrected chi connectivity index (χ3v) is 3.56. The van der Waals surface area contributed by atoms with Crippen LogP contribution in [0.25, 0.3) is 0 Å². The van der Waals surface area contributed by atoms with Crippen LogP contribution in [0, 0.1) is 11.3 Å². The maximum Gasteiger partial charge on any atom is 0.259 e. The monoisotopic (exact) mass is 328 g/mol. The molecule has 0 heterocycles. The molecule has 0 unspecified atom stereocenters. The summed E-state index contributed by atoms with van der Waals surface area (Å²) in [5.74, 6) is -0.112. The second-order valence-corrected chi connectivity index (χ2v) is 5.03. The molecule has 100 valence electrons. The van der Waals surface area contributed by atoms with E-state index in [4.69, 9.17) is 5.26 Å². The molecular weight excluding hydrogens is 316 g/mol. The van der Waals surface area contributed by atoms with Gasteiger partial charge in [-0.3, -0.25) is 4.79 Å². The van der Waals surface area contributed by atoms with Gasteiger partial charge in [-0.15, -0.1) is 0 Å². The fraction of sp³-hybridized carbons (Fsp3) is 0.125. The van der Waals surface area contributed by atoms with E-state index in [1.165, 1.54) is 0 Å². The first kappa shape index (κ1) is 14.3. The smallest absolute Gasteiger partial charge is 0.259 e. The Labute approximate surface area is 126 Å². The van der Waals surface area contributed by atoms with Gasteiger partial charge in [-0.2, -0.15) is 5.26 Å². The molecule has 0 aliphatic heterocycles. The Morgan fingerprint density at radius 3 is 2.40 bits per heavy atom. The van der Waals surface area contributed by atoms with Crippen molar-refractivity contribution in [2.75, 3.05) is 11.4 Å². The molecule has 0 radical (unpaired) electrons. The number of nitriles is 1. The summed E-state index contributed by atoms with van der Waals surface area (Å²) in [5.41, 5.74) is 1.39. The lowest BCUT2D eigenvalue weighted by atomic mass is 10.1. The van der Waals surface area contributed by atoms with Gasteiger partial charge in [0.2, 0.25) is 0 Å². The zero-order valence-electron chi connectivity index (χ0n) is 10.8. The molecule has 4 heteroatoms. The van der Waals surface area contributed by atoms with Crippen LogP contribution in [0.4, 0.5) is 5.69 Å². The Hall–Kier alpha value is -2.12. The number of halogens is 1. The third kappa shape index (κ3) is 3.25. The number of hydrogen-bond acceptors (Lipinski definition) is 2. The average molecular weight is 329 g/mol. The molecule has 0 bridgehead atoms. The first-order valence-corrected chi connectivity index (χ1v) is 7.01. The zero-order chi connectivity index (χ0) is 14.4. The van der Waals surface area contributed by atoms with Crippen molar-refractivity contribution in [2.24, 2.45) is 0 Å². The highest BCUT2D eigenvalue weighted by atomic mass is 79.9. The van der Waals surface area contributed by atoms with Gasteiger partial charge >= 0.3 is 0 Å². The minimum Gasteiger partial charge on any atom is -0.307 e. The molecule has 2 rings (SSSR count). The summed E-state index contributed by atoms with van der Waals surface area (Å²) in [6.45, 7) is 0.376. The van der Waals surface area contributed by atoms with Crippen LogP contribution in [0.1, 0.15) is 16.8 Å². The number of rotatable bonds is 4. The summed E-state index contributed by atoms with van der Waals surface area (Å²) in [7, 11) is 0. The van der Waals surface area contributed by atoms with Crippen molar-refractivity contribution in [1.29, 1.82) is 5.26 Å². The molecular formula is C16H13BrN2O. The average Bonchev–Trinajstić information content (AvgIpc) is 2.49. The topological polar surface area (TPSA) is 44.1 Å². The highest BCUT2D eigenvalue weighted by Gasteiger charge is 2.19. The second kappa shape index (κ2) is 6.88. The van der Waals surface area contributed by atoms with Gasteiger partial charge in [0.05, 0.1) is 18.1 Å². The van der Waals surface area contributed by atoms with E-state index >= 15 is 0 Å². The summed E-state index contributed by atoms with van der Waals surface area (Å²) in [6.07, 6.45) is 0.297. The van der Waals surface area contributed by atoms with Gasteiger partial charge < -0.3 is 4.90 Å². The van der Waals surface area contributed by atoms with Crippen molar-refractivity contribution >= 4 is 27.5 Å². The van der Waals surface area contributed by atoms with E-state index in [-0.39, 0.29) is 5.91 Å². The number of amides is 1. The van der Waals surface area contributed by atoms with Gasteiger partial charge in [0.15, 0.2) is 0 Å². The SMILES string of the molecule is N#CCCN(C(=O)c1ccccc1Br)c1ccccc1. The largest absolute Gasteiger partial charge is 0.307 e. The Morgan fingerprint density at radius 2 is 1.75 bits per heavy atom. The van der Waals surface area contributed by atoms with Crippen LogP contribution in [0.15, 0.2) is 59.1 Å². The number of carbonyl (C=O) groups excluding carboxylic acids is 1. The Kier molecular flexibility index (Phi) is 4.91. The summed E-state index contributed by atoms with van der Waals surface area (Å²) in [6, 6.07) is 18.8. The molecule has 2 aromatic carbocycles. The molecule has 2 aromatic rings. The molecule has 0 atom stereocenters. The molecule has 0 aliphatic rings. The first-order valence-electron chi connectivity index (χ1n) is 6.22. The van der Waals surface area contributed by atoms with E-state index in [0.29, 0.717) is 18.5 Å². The number of carbonyl (C=O) groups is 1. The highest BCUT2D eigenvalue weighted by molar-refractivity contribution is 9.10. The summed E-state index contributed by atoms with van der Waals surface area (Å²) in [4.78, 5) is 14.3. The first-order chi connectivity index (χ1) is 9.74. The van der Waals surface area contributed by atoms with Crippen LogP contribution in [-0.2, 0) is 0 Å². The van der Waals surface area contributed by atoms with Crippen molar-refractivity contribution in [3.8, 4) is 6.07 Å². The molecule has 20 heavy (non-hydrogen) atoms. The number of hydrogen-bond donors (Lipinski definition) is 0. The zero-order valence-corrected chi connectivity index (χ0v) is 12.4. The Morgan fingerprint density at radius 1 is 1.10 bits per heavy atom. The number of anilines is 1. The van der Waals surface area contributed by atoms with Crippen LogP contribution in [-0.4, -0.2) is 12.5 Å². The fourth-order valence-electron chi connectivity index (χ4n) is 1.90. The Balaban J connectivity index is 2.35. The predicted molar refractivity (Wildman–Crippen MR) is 82.5 cm³/mol. The predicted octanol–water partition coefficient (Wildman–Crippen LogP) is 4.01. The maximum atomic E-state index is 12.7. The molecule has 0 aliphatic carbocycles. The second-order valence-electron chi connectivity index (χ2n) is 4.18. The van der Waals surface area contributed by atoms with Crippen LogP contribution in [0.3, 0.4) is 0 Å². The minimum atomic E-state index is -0.112. The lowest BCUT2D eigenvalue weighted by Crippen LogP contribution is -2.32. The summed E-state index contributed by atoms with van der Waals surface area (Å²) >= 11 is 3.39. The standard InChI is InChI=1S/C16H13BrN2O/c17-15-10-5-4-9-14(15)16(20)19(12-6-11-18)13-7-2-1-3-8-13/h1-5,7-10H,6,12H2. The van der Waals surface area contributed by atoms with Crippen molar-refractivity contribution in [1.82, 2.24) is 0 Å². The molecule has 0 spiro atoms. The van der Waals surface area contributed by atoms with E-state index in [1.54, 1.807) is 11.0 Å². The van der Waals surface area contributed by atoms with Crippen LogP contribution < -0.4 is 4.90 Å². The molecule has 1 amide bonds. The van der Waals surface area contributed by atoms with Crippen LogP contribution >= 0.6 is 15.9 Å². The van der Waals surface area contributed by atoms with Gasteiger partial charge in [-0.25, -0.2) is 0 Å². The number of benzene rings is 2. The van der Waals surface area contributed by atoms with Gasteiger partial charge in [0.1, 0.15) is 0 Å². The number of para-hydroxylation sites is 1. The quantitative estimate of drug-likeness (QED) is 0.851. The van der Waals surface area contributed by atoms with Crippen molar-refractivity contribution in [2.45, 2.75) is 6.42 Å². The number of nitrogens with zero attached hydrogens (tertiary/aromatic N) is 2. The molecule has 0 saturated carbocycles. The van der Waals surface area contributed by atoms with Crippen LogP contribution in [0.5, 0.6) is 0 Å². The van der Waals surface area contributed by atoms with E-state index in [0.717, 1.165) is 10.2 Å². The van der Waals surface area contributed by atoms with Gasteiger partial charge in [-0.05, 0) is 40.2 Å². The van der Waals surface area contributed by atoms with Crippen molar-refractivity contribution in [3.05, 3.63) is 64.6 Å². The molecule has 0 saturated heterocycles. The normalized spacial score (nSPS) is 9.80. The maximum absolute atomic E-state index is 12.7. The highest BCUT2D eigenvalue weighted by Crippen LogP contribution is 2.22. The van der Waals surface area contributed by atoms with E-state index < -0.39 is 0 Å². The Bertz CT molecular complexity index is 634. The molecule has 0 aromatic heterocycles. The van der Waals surface area contributed by atoms with E-state index in [2.05, 4.69) is 22.0 Å². The van der Waals surface area contributed by atoms with Gasteiger partial charge in [0.25, 0.3) is 5.91 Å². The lowest BCUT2D eigenvalue weighted by Gasteiger charge is -2.22. The van der Waals surface area contributed by atoms with Gasteiger partial charge in [0, 0.05) is 16.7 Å². The lowest BCUT2D eigenvalue weighted by molar-refractivity contribution is 0.0987. The fourth-order valence-corrected chi connectivity index (χ4v) is 2.35. The van der Waals surface area contributed by atoms with Crippen molar-refractivity contribution < 1.29 is 4.79 Å². The van der Waals surface area contributed by atoms with E-state index in [1.807, 2.05) is 48.5 Å². The third-order valence-electron chi connectivity index (χ3n) is 2.86. The van der Waals surface area contributed by atoms with E-state index in [9.17, 15) is 4.79 Å². The van der Waals surface area contributed by atoms with Gasteiger partial charge in [-0.1, -0.05) is 30.3 Å². The molecule has 3 nitrogen and oxygen atoms in total. The van der Waals surface area contributed by atoms with Crippen LogP contribution in [0.2, 0.25) is 0 Å². The molecule has 0 fully saturated rings. The van der Waals surface area contributed by atoms with Crippen molar-refractivity contribution in [3.63, 3.8) is 0 Å².